The van der Waals surface area contributed by atoms with E-state index < -0.39 is 5.91 Å². The summed E-state index contributed by atoms with van der Waals surface area (Å²) < 4.78 is 5.66. The van der Waals surface area contributed by atoms with E-state index in [1.807, 2.05) is 38.1 Å². The second-order valence-electron chi connectivity index (χ2n) is 8.69. The van der Waals surface area contributed by atoms with Crippen LogP contribution in [0.5, 0.6) is 5.88 Å². The average Bonchev–Trinajstić information content (AvgIpc) is 2.92. The number of halogens is 1. The minimum Gasteiger partial charge on any atom is -0.478 e. The van der Waals surface area contributed by atoms with E-state index in [-0.39, 0.29) is 17.5 Å². The highest BCUT2D eigenvalue weighted by Gasteiger charge is 2.32. The summed E-state index contributed by atoms with van der Waals surface area (Å²) in [6, 6.07) is 16.0. The van der Waals surface area contributed by atoms with Crippen LogP contribution in [-0.2, 0) is 0 Å². The third-order valence-corrected chi connectivity index (χ3v) is 6.74. The van der Waals surface area contributed by atoms with Crippen LogP contribution in [0.4, 0.5) is 5.69 Å². The number of carbonyl (C=O) groups is 2. The molecule has 1 fully saturated rings. The van der Waals surface area contributed by atoms with E-state index in [0.717, 1.165) is 23.2 Å². The standard InChI is InChI=1S/C28H28ClN5O3/c1-3-21-17-33(28(36)23-9-8-20(29)14-19(23)16-30)12-13-34(21)25-10-7-18(15-24(25)26(31)35)22-6-5-11-32-27(22)37-4-2/h5-11,14-15,21H,3-4,12-13,17H2,1-2H3,(H2,31,35)/t21-/m1/s1. The largest absolute Gasteiger partial charge is 0.478 e. The highest BCUT2D eigenvalue weighted by molar-refractivity contribution is 6.30. The van der Waals surface area contributed by atoms with Gasteiger partial charge in [-0.15, -0.1) is 0 Å². The molecular formula is C28H28ClN5O3. The predicted octanol–water partition coefficient (Wildman–Crippen LogP) is 4.51. The third kappa shape index (κ3) is 5.37. The van der Waals surface area contributed by atoms with Gasteiger partial charge in [0.25, 0.3) is 11.8 Å². The van der Waals surface area contributed by atoms with Gasteiger partial charge in [-0.3, -0.25) is 9.59 Å². The first-order valence-electron chi connectivity index (χ1n) is 12.2. The van der Waals surface area contributed by atoms with Crippen molar-refractivity contribution in [3.05, 3.63) is 76.4 Å². The molecule has 1 aliphatic rings. The van der Waals surface area contributed by atoms with E-state index in [2.05, 4.69) is 16.0 Å². The number of carbonyl (C=O) groups excluding carboxylic acids is 2. The van der Waals surface area contributed by atoms with Crippen LogP contribution in [0.3, 0.4) is 0 Å². The number of rotatable bonds is 7. The molecule has 4 rings (SSSR count). The highest BCUT2D eigenvalue weighted by Crippen LogP contribution is 2.34. The molecule has 2 aromatic carbocycles. The Morgan fingerprint density at radius 1 is 1.16 bits per heavy atom. The Bertz CT molecular complexity index is 1370. The molecule has 37 heavy (non-hydrogen) atoms. The van der Waals surface area contributed by atoms with Gasteiger partial charge in [0.1, 0.15) is 6.07 Å². The first kappa shape index (κ1) is 26.0. The van der Waals surface area contributed by atoms with Gasteiger partial charge in [-0.2, -0.15) is 5.26 Å². The van der Waals surface area contributed by atoms with Gasteiger partial charge in [-0.1, -0.05) is 24.6 Å². The summed E-state index contributed by atoms with van der Waals surface area (Å²) in [5.41, 5.74) is 9.09. The lowest BCUT2D eigenvalue weighted by molar-refractivity contribution is 0.0720. The van der Waals surface area contributed by atoms with Crippen molar-refractivity contribution in [3.63, 3.8) is 0 Å². The van der Waals surface area contributed by atoms with E-state index in [9.17, 15) is 14.9 Å². The normalized spacial score (nSPS) is 15.2. The first-order valence-corrected chi connectivity index (χ1v) is 12.5. The summed E-state index contributed by atoms with van der Waals surface area (Å²) in [6.07, 6.45) is 2.40. The van der Waals surface area contributed by atoms with Gasteiger partial charge in [0.2, 0.25) is 5.88 Å². The van der Waals surface area contributed by atoms with E-state index in [0.29, 0.717) is 48.3 Å². The molecule has 0 unspecified atom stereocenters. The van der Waals surface area contributed by atoms with Gasteiger partial charge in [0, 0.05) is 48.1 Å². The van der Waals surface area contributed by atoms with Gasteiger partial charge >= 0.3 is 0 Å². The molecule has 190 valence electrons. The lowest BCUT2D eigenvalue weighted by Crippen LogP contribution is -2.55. The Labute approximate surface area is 221 Å². The molecule has 2 amide bonds. The van der Waals surface area contributed by atoms with Crippen molar-refractivity contribution in [1.82, 2.24) is 9.88 Å². The molecule has 2 N–H and O–H groups in total. The summed E-state index contributed by atoms with van der Waals surface area (Å²) in [4.78, 5) is 34.0. The zero-order valence-electron chi connectivity index (χ0n) is 20.8. The zero-order valence-corrected chi connectivity index (χ0v) is 21.5. The molecule has 1 atom stereocenters. The maximum absolute atomic E-state index is 13.3. The smallest absolute Gasteiger partial charge is 0.255 e. The lowest BCUT2D eigenvalue weighted by Gasteiger charge is -2.43. The van der Waals surface area contributed by atoms with Crippen LogP contribution < -0.4 is 15.4 Å². The topological polar surface area (TPSA) is 113 Å². The molecule has 1 aromatic heterocycles. The maximum Gasteiger partial charge on any atom is 0.255 e. The number of benzene rings is 2. The van der Waals surface area contributed by atoms with Gasteiger partial charge in [0.15, 0.2) is 0 Å². The number of nitrogens with two attached hydrogens (primary N) is 1. The summed E-state index contributed by atoms with van der Waals surface area (Å²) in [5, 5.41) is 9.88. The van der Waals surface area contributed by atoms with Gasteiger partial charge in [-0.25, -0.2) is 4.98 Å². The number of hydrogen-bond acceptors (Lipinski definition) is 6. The molecule has 1 aliphatic heterocycles. The number of nitrogens with zero attached hydrogens (tertiary/aromatic N) is 4. The highest BCUT2D eigenvalue weighted by atomic mass is 35.5. The number of primary amides is 1. The van der Waals surface area contributed by atoms with E-state index in [4.69, 9.17) is 22.1 Å². The first-order chi connectivity index (χ1) is 17.9. The number of piperazine rings is 1. The zero-order chi connectivity index (χ0) is 26.5. The predicted molar refractivity (Wildman–Crippen MR) is 143 cm³/mol. The molecule has 0 aliphatic carbocycles. The molecule has 0 radical (unpaired) electrons. The minimum absolute atomic E-state index is 0.0446. The Balaban J connectivity index is 1.63. The second-order valence-corrected chi connectivity index (χ2v) is 9.13. The lowest BCUT2D eigenvalue weighted by atomic mass is 9.99. The summed E-state index contributed by atoms with van der Waals surface area (Å²) in [7, 11) is 0. The molecule has 0 bridgehead atoms. The third-order valence-electron chi connectivity index (χ3n) is 6.51. The summed E-state index contributed by atoms with van der Waals surface area (Å²) >= 11 is 6.00. The van der Waals surface area contributed by atoms with Crippen molar-refractivity contribution in [2.24, 2.45) is 5.73 Å². The monoisotopic (exact) mass is 517 g/mol. The Hall–Kier alpha value is -4.09. The van der Waals surface area contributed by atoms with Crippen LogP contribution in [0.15, 0.2) is 54.7 Å². The van der Waals surface area contributed by atoms with E-state index >= 15 is 0 Å². The Morgan fingerprint density at radius 3 is 2.68 bits per heavy atom. The van der Waals surface area contributed by atoms with Crippen molar-refractivity contribution >= 4 is 29.1 Å². The Kier molecular flexibility index (Phi) is 7.95. The number of hydrogen-bond donors (Lipinski definition) is 1. The number of amides is 2. The van der Waals surface area contributed by atoms with Crippen molar-refractivity contribution in [3.8, 4) is 23.1 Å². The van der Waals surface area contributed by atoms with Gasteiger partial charge in [-0.05, 0) is 61.4 Å². The fraction of sp³-hybridized carbons (Fsp3) is 0.286. The fourth-order valence-electron chi connectivity index (χ4n) is 4.69. The van der Waals surface area contributed by atoms with E-state index in [1.54, 1.807) is 29.3 Å². The van der Waals surface area contributed by atoms with Gasteiger partial charge in [0.05, 0.1) is 23.3 Å². The van der Waals surface area contributed by atoms with Crippen molar-refractivity contribution < 1.29 is 14.3 Å². The maximum atomic E-state index is 13.3. The SMILES string of the molecule is CCOc1ncccc1-c1ccc(N2CCN(C(=O)c3ccc(Cl)cc3C#N)C[C@H]2CC)c(C(N)=O)c1. The summed E-state index contributed by atoms with van der Waals surface area (Å²) in [6.45, 7) is 5.78. The average molecular weight is 518 g/mol. The molecule has 0 spiro atoms. The van der Waals surface area contributed by atoms with Crippen LogP contribution in [0.1, 0.15) is 46.5 Å². The Morgan fingerprint density at radius 2 is 1.97 bits per heavy atom. The van der Waals surface area contributed by atoms with Crippen molar-refractivity contribution in [2.45, 2.75) is 26.3 Å². The molecule has 0 saturated carbocycles. The van der Waals surface area contributed by atoms with Crippen LogP contribution in [-0.4, -0.2) is 54.0 Å². The van der Waals surface area contributed by atoms with Gasteiger partial charge < -0.3 is 20.3 Å². The molecule has 9 heteroatoms. The number of anilines is 1. The molecule has 1 saturated heterocycles. The van der Waals surface area contributed by atoms with Crippen LogP contribution in [0.2, 0.25) is 5.02 Å². The number of ether oxygens (including phenoxy) is 1. The summed E-state index contributed by atoms with van der Waals surface area (Å²) in [5.74, 6) is -0.255. The second kappa shape index (κ2) is 11.3. The molecular weight excluding hydrogens is 490 g/mol. The number of pyridine rings is 1. The molecule has 3 aromatic rings. The van der Waals surface area contributed by atoms with Crippen molar-refractivity contribution in [1.29, 1.82) is 5.26 Å². The molecule has 2 heterocycles. The number of aromatic nitrogens is 1. The van der Waals surface area contributed by atoms with Crippen LogP contribution in [0.25, 0.3) is 11.1 Å². The van der Waals surface area contributed by atoms with E-state index in [1.165, 1.54) is 6.07 Å². The molecule has 8 nitrogen and oxygen atoms in total. The van der Waals surface area contributed by atoms with Crippen LogP contribution >= 0.6 is 11.6 Å². The minimum atomic E-state index is -0.535. The van der Waals surface area contributed by atoms with Crippen molar-refractivity contribution in [2.75, 3.05) is 31.1 Å². The fourth-order valence-corrected chi connectivity index (χ4v) is 4.86. The number of nitriles is 1. The quantitative estimate of drug-likeness (QED) is 0.493. The van der Waals surface area contributed by atoms with Crippen LogP contribution in [0, 0.1) is 11.3 Å².